The molecule has 0 atom stereocenters. The largest absolute Gasteiger partial charge is 0.342 e. The zero-order valence-corrected chi connectivity index (χ0v) is 18.0. The van der Waals surface area contributed by atoms with E-state index in [4.69, 9.17) is 0 Å². The quantitative estimate of drug-likeness (QED) is 0.765. The summed E-state index contributed by atoms with van der Waals surface area (Å²) in [5, 5.41) is 6.01. The third-order valence-electron chi connectivity index (χ3n) is 5.71. The fraction of sp³-hybridized carbons (Fsp3) is 0.591. The monoisotopic (exact) mass is 415 g/mol. The molecule has 8 heteroatoms. The Balaban J connectivity index is 1.35. The average Bonchev–Trinajstić information content (AvgIpc) is 2.75. The maximum Gasteiger partial charge on any atom is 0.317 e. The lowest BCUT2D eigenvalue weighted by Crippen LogP contribution is -2.55. The summed E-state index contributed by atoms with van der Waals surface area (Å²) in [6, 6.07) is 9.49. The Hall–Kier alpha value is -2.61. The number of hydrogen-bond acceptors (Lipinski definition) is 4. The van der Waals surface area contributed by atoms with E-state index in [2.05, 4.69) is 15.5 Å². The number of anilines is 1. The van der Waals surface area contributed by atoms with Crippen LogP contribution in [0.25, 0.3) is 0 Å². The smallest absolute Gasteiger partial charge is 0.317 e. The first-order valence-electron chi connectivity index (χ1n) is 10.8. The van der Waals surface area contributed by atoms with Gasteiger partial charge in [-0.3, -0.25) is 14.5 Å². The van der Waals surface area contributed by atoms with Crippen molar-refractivity contribution in [1.29, 1.82) is 0 Å². The number of carbonyl (C=O) groups is 3. The molecule has 0 aromatic heterocycles. The van der Waals surface area contributed by atoms with E-state index in [1.807, 2.05) is 54.0 Å². The van der Waals surface area contributed by atoms with Gasteiger partial charge in [-0.2, -0.15) is 0 Å². The van der Waals surface area contributed by atoms with Crippen molar-refractivity contribution in [2.45, 2.75) is 32.7 Å². The van der Waals surface area contributed by atoms with Crippen LogP contribution in [-0.4, -0.2) is 84.4 Å². The fourth-order valence-electron chi connectivity index (χ4n) is 3.91. The second-order valence-corrected chi connectivity index (χ2v) is 8.38. The van der Waals surface area contributed by atoms with E-state index in [-0.39, 0.29) is 29.8 Å². The van der Waals surface area contributed by atoms with Crippen LogP contribution in [0.3, 0.4) is 0 Å². The summed E-state index contributed by atoms with van der Waals surface area (Å²) in [5.41, 5.74) is 0.793. The number of hydrogen-bond donors (Lipinski definition) is 2. The van der Waals surface area contributed by atoms with Gasteiger partial charge in [-0.25, -0.2) is 4.79 Å². The minimum atomic E-state index is -0.0444. The molecule has 2 saturated heterocycles. The van der Waals surface area contributed by atoms with Crippen molar-refractivity contribution in [1.82, 2.24) is 20.0 Å². The molecule has 0 unspecified atom stereocenters. The van der Waals surface area contributed by atoms with Crippen molar-refractivity contribution in [3.8, 4) is 0 Å². The number of piperidine rings is 1. The number of likely N-dealkylation sites (tertiary alicyclic amines) is 1. The molecule has 4 amide bonds. The van der Waals surface area contributed by atoms with Gasteiger partial charge in [0.15, 0.2) is 0 Å². The third kappa shape index (κ3) is 6.19. The summed E-state index contributed by atoms with van der Waals surface area (Å²) in [6.07, 6.45) is 1.59. The molecule has 2 fully saturated rings. The number of piperazine rings is 1. The molecule has 0 spiro atoms. The fourth-order valence-corrected chi connectivity index (χ4v) is 3.91. The van der Waals surface area contributed by atoms with Gasteiger partial charge in [-0.05, 0) is 25.0 Å². The van der Waals surface area contributed by atoms with Crippen LogP contribution < -0.4 is 10.6 Å². The van der Waals surface area contributed by atoms with Crippen LogP contribution in [0.1, 0.15) is 26.7 Å². The zero-order chi connectivity index (χ0) is 21.5. The molecule has 30 heavy (non-hydrogen) atoms. The molecule has 2 aliphatic heterocycles. The number of carbonyl (C=O) groups excluding carboxylic acids is 3. The van der Waals surface area contributed by atoms with Gasteiger partial charge in [0.2, 0.25) is 11.8 Å². The molecule has 2 heterocycles. The molecule has 8 nitrogen and oxygen atoms in total. The lowest BCUT2D eigenvalue weighted by atomic mass is 10.0. The molecule has 0 aliphatic carbocycles. The Kier molecular flexibility index (Phi) is 7.68. The Labute approximate surface area is 178 Å². The molecular weight excluding hydrogens is 382 g/mol. The molecule has 0 saturated carbocycles. The van der Waals surface area contributed by atoms with Crippen molar-refractivity contribution in [3.63, 3.8) is 0 Å². The molecule has 2 N–H and O–H groups in total. The van der Waals surface area contributed by atoms with E-state index in [0.29, 0.717) is 45.8 Å². The predicted octanol–water partition coefficient (Wildman–Crippen LogP) is 1.60. The van der Waals surface area contributed by atoms with Crippen molar-refractivity contribution in [2.75, 3.05) is 51.1 Å². The number of benzene rings is 1. The van der Waals surface area contributed by atoms with Crippen LogP contribution in [0.5, 0.6) is 0 Å². The first kappa shape index (κ1) is 22.1. The second-order valence-electron chi connectivity index (χ2n) is 8.38. The second kappa shape index (κ2) is 10.4. The maximum atomic E-state index is 12.6. The zero-order valence-electron chi connectivity index (χ0n) is 18.0. The first-order valence-corrected chi connectivity index (χ1v) is 10.8. The van der Waals surface area contributed by atoms with Crippen molar-refractivity contribution in [2.24, 2.45) is 5.92 Å². The van der Waals surface area contributed by atoms with E-state index in [0.717, 1.165) is 18.5 Å². The average molecular weight is 416 g/mol. The Morgan fingerprint density at radius 1 is 0.933 bits per heavy atom. The molecule has 2 aliphatic rings. The van der Waals surface area contributed by atoms with E-state index in [1.165, 1.54) is 0 Å². The van der Waals surface area contributed by atoms with Gasteiger partial charge in [0.05, 0.1) is 6.54 Å². The van der Waals surface area contributed by atoms with Crippen LogP contribution in [-0.2, 0) is 9.59 Å². The van der Waals surface area contributed by atoms with Crippen molar-refractivity contribution >= 4 is 23.5 Å². The molecule has 1 aromatic carbocycles. The van der Waals surface area contributed by atoms with Crippen LogP contribution in [0.2, 0.25) is 0 Å². The number of amides is 4. The van der Waals surface area contributed by atoms with E-state index in [9.17, 15) is 14.4 Å². The van der Waals surface area contributed by atoms with E-state index < -0.39 is 0 Å². The van der Waals surface area contributed by atoms with Gasteiger partial charge in [-0.15, -0.1) is 0 Å². The molecule has 3 rings (SSSR count). The third-order valence-corrected chi connectivity index (χ3v) is 5.71. The first-order chi connectivity index (χ1) is 14.4. The summed E-state index contributed by atoms with van der Waals surface area (Å²) in [4.78, 5) is 42.7. The summed E-state index contributed by atoms with van der Waals surface area (Å²) in [5.74, 6) is 0.163. The van der Waals surface area contributed by atoms with Gasteiger partial charge in [0.1, 0.15) is 0 Å². The number of rotatable bonds is 5. The van der Waals surface area contributed by atoms with Gasteiger partial charge in [0.25, 0.3) is 0 Å². The highest BCUT2D eigenvalue weighted by molar-refractivity contribution is 5.92. The summed E-state index contributed by atoms with van der Waals surface area (Å²) >= 11 is 0. The molecule has 164 valence electrons. The van der Waals surface area contributed by atoms with E-state index >= 15 is 0 Å². The molecule has 1 aromatic rings. The van der Waals surface area contributed by atoms with Crippen molar-refractivity contribution < 1.29 is 14.4 Å². The van der Waals surface area contributed by atoms with Crippen molar-refractivity contribution in [3.05, 3.63) is 30.3 Å². The van der Waals surface area contributed by atoms with Gasteiger partial charge in [0, 0.05) is 56.9 Å². The minimum absolute atomic E-state index is 0.0159. The Bertz CT molecular complexity index is 724. The Morgan fingerprint density at radius 2 is 1.57 bits per heavy atom. The topological polar surface area (TPSA) is 85.0 Å². The summed E-state index contributed by atoms with van der Waals surface area (Å²) in [7, 11) is 0. The predicted molar refractivity (Wildman–Crippen MR) is 116 cm³/mol. The maximum absolute atomic E-state index is 12.6. The van der Waals surface area contributed by atoms with Gasteiger partial charge in [-0.1, -0.05) is 32.0 Å². The van der Waals surface area contributed by atoms with Gasteiger partial charge >= 0.3 is 6.03 Å². The number of urea groups is 1. The number of nitrogens with zero attached hydrogens (tertiary/aromatic N) is 3. The van der Waals surface area contributed by atoms with Crippen LogP contribution >= 0.6 is 0 Å². The molecular formula is C22H33N5O3. The van der Waals surface area contributed by atoms with Crippen LogP contribution in [0.15, 0.2) is 30.3 Å². The summed E-state index contributed by atoms with van der Waals surface area (Å²) < 4.78 is 0. The number of nitrogens with one attached hydrogen (secondary N) is 2. The van der Waals surface area contributed by atoms with Crippen LogP contribution in [0, 0.1) is 5.92 Å². The minimum Gasteiger partial charge on any atom is -0.342 e. The SMILES string of the molecule is CC(C)C(=O)N1CCC(NC(=O)N2CCN(CC(=O)Nc3ccccc3)CC2)CC1. The summed E-state index contributed by atoms with van der Waals surface area (Å²) in [6.45, 7) is 8.13. The standard InChI is InChI=1S/C22H33N5O3/c1-17(2)21(29)26-10-8-19(9-11-26)24-22(30)27-14-12-25(13-15-27)16-20(28)23-18-6-4-3-5-7-18/h3-7,17,19H,8-16H2,1-2H3,(H,23,28)(H,24,30). The van der Waals surface area contributed by atoms with E-state index in [1.54, 1.807) is 0 Å². The lowest BCUT2D eigenvalue weighted by molar-refractivity contribution is -0.135. The highest BCUT2D eigenvalue weighted by atomic mass is 16.2. The molecule has 0 bridgehead atoms. The number of para-hydroxylation sites is 1. The van der Waals surface area contributed by atoms with Crippen LogP contribution in [0.4, 0.5) is 10.5 Å². The normalized spacial score (nSPS) is 18.4. The highest BCUT2D eigenvalue weighted by Crippen LogP contribution is 2.14. The highest BCUT2D eigenvalue weighted by Gasteiger charge is 2.28. The van der Waals surface area contributed by atoms with Gasteiger partial charge < -0.3 is 20.4 Å². The Morgan fingerprint density at radius 3 is 2.17 bits per heavy atom. The molecule has 0 radical (unpaired) electrons. The lowest BCUT2D eigenvalue weighted by Gasteiger charge is -2.37.